The van der Waals surface area contributed by atoms with Gasteiger partial charge < -0.3 is 15.7 Å². The standard InChI is InChI=1S/C6H9N5O2/c7-5-6-10(3-8-5)9-4-11(6)13-2-1-12/h3-4,12H,1-2,7H2. The highest BCUT2D eigenvalue weighted by Gasteiger charge is 2.07. The number of nitrogens with two attached hydrogens (primary N) is 1. The molecule has 13 heavy (non-hydrogen) atoms. The van der Waals surface area contributed by atoms with Crippen LogP contribution in [0, 0.1) is 0 Å². The molecule has 70 valence electrons. The van der Waals surface area contributed by atoms with E-state index in [4.69, 9.17) is 15.7 Å². The van der Waals surface area contributed by atoms with Crippen molar-refractivity contribution in [1.82, 2.24) is 19.3 Å². The Morgan fingerprint density at radius 3 is 3.15 bits per heavy atom. The van der Waals surface area contributed by atoms with Crippen molar-refractivity contribution in [2.24, 2.45) is 0 Å². The molecule has 0 bridgehead atoms. The molecule has 7 nitrogen and oxygen atoms in total. The van der Waals surface area contributed by atoms with E-state index < -0.39 is 0 Å². The van der Waals surface area contributed by atoms with Crippen molar-refractivity contribution in [2.75, 3.05) is 18.9 Å². The summed E-state index contributed by atoms with van der Waals surface area (Å²) in [5.74, 6) is 0.343. The number of rotatable bonds is 3. The second-order valence-corrected chi connectivity index (χ2v) is 2.41. The van der Waals surface area contributed by atoms with Crippen LogP contribution < -0.4 is 10.6 Å². The third-order valence-corrected chi connectivity index (χ3v) is 1.56. The summed E-state index contributed by atoms with van der Waals surface area (Å²) in [4.78, 5) is 8.95. The third-order valence-electron chi connectivity index (χ3n) is 1.56. The zero-order valence-electron chi connectivity index (χ0n) is 6.79. The molecule has 0 aromatic carbocycles. The fourth-order valence-electron chi connectivity index (χ4n) is 1.04. The number of fused-ring (bicyclic) bond motifs is 1. The van der Waals surface area contributed by atoms with Gasteiger partial charge in [0.25, 0.3) is 0 Å². The molecule has 0 unspecified atom stereocenters. The minimum atomic E-state index is -0.0572. The quantitative estimate of drug-likeness (QED) is 0.606. The van der Waals surface area contributed by atoms with Crippen LogP contribution in [0.25, 0.3) is 5.65 Å². The molecule has 0 spiro atoms. The Bertz CT molecular complexity index is 406. The van der Waals surface area contributed by atoms with Crippen molar-refractivity contribution in [3.8, 4) is 0 Å². The Hall–Kier alpha value is -1.76. The minimum Gasteiger partial charge on any atom is -0.408 e. The molecule has 0 fully saturated rings. The lowest BCUT2D eigenvalue weighted by Crippen LogP contribution is -2.14. The van der Waals surface area contributed by atoms with Gasteiger partial charge in [-0.05, 0) is 0 Å². The van der Waals surface area contributed by atoms with Crippen molar-refractivity contribution in [3.05, 3.63) is 12.7 Å². The Morgan fingerprint density at radius 1 is 1.54 bits per heavy atom. The van der Waals surface area contributed by atoms with E-state index in [1.54, 1.807) is 0 Å². The van der Waals surface area contributed by atoms with Crippen molar-refractivity contribution in [3.63, 3.8) is 0 Å². The summed E-state index contributed by atoms with van der Waals surface area (Å²) >= 11 is 0. The molecule has 0 saturated heterocycles. The first kappa shape index (κ1) is 7.87. The maximum Gasteiger partial charge on any atom is 0.215 e. The first-order valence-corrected chi connectivity index (χ1v) is 3.73. The monoisotopic (exact) mass is 183 g/mol. The molecule has 7 heteroatoms. The second-order valence-electron chi connectivity index (χ2n) is 2.41. The van der Waals surface area contributed by atoms with Crippen molar-refractivity contribution >= 4 is 11.5 Å². The van der Waals surface area contributed by atoms with Crippen LogP contribution in [-0.2, 0) is 0 Å². The molecule has 2 rings (SSSR count). The molecule has 0 atom stereocenters. The maximum atomic E-state index is 8.54. The Balaban J connectivity index is 2.38. The summed E-state index contributed by atoms with van der Waals surface area (Å²) in [7, 11) is 0. The highest BCUT2D eigenvalue weighted by Crippen LogP contribution is 2.08. The van der Waals surface area contributed by atoms with Gasteiger partial charge in [0.15, 0.2) is 12.1 Å². The Kier molecular flexibility index (Phi) is 1.78. The van der Waals surface area contributed by atoms with Gasteiger partial charge in [-0.2, -0.15) is 9.61 Å². The lowest BCUT2D eigenvalue weighted by Gasteiger charge is -2.02. The number of hydrogen-bond donors (Lipinski definition) is 2. The topological polar surface area (TPSA) is 90.6 Å². The van der Waals surface area contributed by atoms with Crippen LogP contribution in [0.4, 0.5) is 5.82 Å². The van der Waals surface area contributed by atoms with Gasteiger partial charge in [-0.3, -0.25) is 0 Å². The molecule has 0 aliphatic carbocycles. The summed E-state index contributed by atoms with van der Waals surface area (Å²) in [5.41, 5.74) is 6.12. The normalized spacial score (nSPS) is 10.8. The SMILES string of the molecule is Nc1ncn2ncn(OCCO)c12. The van der Waals surface area contributed by atoms with E-state index in [-0.39, 0.29) is 13.2 Å². The molecule has 3 N–H and O–H groups in total. The van der Waals surface area contributed by atoms with Crippen LogP contribution in [0.1, 0.15) is 0 Å². The fourth-order valence-corrected chi connectivity index (χ4v) is 1.04. The number of nitrogens with zero attached hydrogens (tertiary/aromatic N) is 4. The van der Waals surface area contributed by atoms with Gasteiger partial charge in [-0.25, -0.2) is 4.98 Å². The largest absolute Gasteiger partial charge is 0.408 e. The molecule has 2 heterocycles. The molecular weight excluding hydrogens is 174 g/mol. The van der Waals surface area contributed by atoms with Crippen LogP contribution in [0.3, 0.4) is 0 Å². The van der Waals surface area contributed by atoms with Crippen LogP contribution >= 0.6 is 0 Å². The van der Waals surface area contributed by atoms with Crippen LogP contribution in [0.15, 0.2) is 12.7 Å². The summed E-state index contributed by atoms with van der Waals surface area (Å²) in [5, 5.41) is 12.5. The molecule has 0 aliphatic heterocycles. The number of aliphatic hydroxyl groups is 1. The molecule has 0 aliphatic rings. The van der Waals surface area contributed by atoms with Gasteiger partial charge in [0, 0.05) is 0 Å². The van der Waals surface area contributed by atoms with E-state index in [0.29, 0.717) is 11.5 Å². The molecule has 0 radical (unpaired) electrons. The molecule has 0 amide bonds. The zero-order valence-corrected chi connectivity index (χ0v) is 6.79. The summed E-state index contributed by atoms with van der Waals surface area (Å²) in [6.45, 7) is 0.134. The Morgan fingerprint density at radius 2 is 2.38 bits per heavy atom. The van der Waals surface area contributed by atoms with Crippen molar-refractivity contribution < 1.29 is 9.94 Å². The van der Waals surface area contributed by atoms with E-state index in [1.165, 1.54) is 21.9 Å². The third kappa shape index (κ3) is 1.18. The molecular formula is C6H9N5O2. The average Bonchev–Trinajstić information content (AvgIpc) is 2.67. The predicted molar refractivity (Wildman–Crippen MR) is 43.9 cm³/mol. The number of imidazole rings is 1. The van der Waals surface area contributed by atoms with Gasteiger partial charge >= 0.3 is 0 Å². The summed E-state index contributed by atoms with van der Waals surface area (Å²) in [6.07, 6.45) is 2.95. The van der Waals surface area contributed by atoms with Crippen LogP contribution in [-0.4, -0.2) is 37.6 Å². The first-order chi connectivity index (χ1) is 6.33. The molecule has 2 aromatic heterocycles. The van der Waals surface area contributed by atoms with Crippen LogP contribution in [0.2, 0.25) is 0 Å². The van der Waals surface area contributed by atoms with E-state index in [9.17, 15) is 0 Å². The highest BCUT2D eigenvalue weighted by molar-refractivity contribution is 5.59. The van der Waals surface area contributed by atoms with Crippen molar-refractivity contribution in [1.29, 1.82) is 0 Å². The minimum absolute atomic E-state index is 0.0572. The number of hydrogen-bond acceptors (Lipinski definition) is 5. The number of aromatic nitrogens is 4. The number of aliphatic hydroxyl groups excluding tert-OH is 1. The van der Waals surface area contributed by atoms with E-state index in [2.05, 4.69) is 10.1 Å². The van der Waals surface area contributed by atoms with Gasteiger partial charge in [0.2, 0.25) is 5.65 Å². The zero-order chi connectivity index (χ0) is 9.26. The average molecular weight is 183 g/mol. The van der Waals surface area contributed by atoms with Gasteiger partial charge in [0.05, 0.1) is 6.61 Å². The number of anilines is 1. The lowest BCUT2D eigenvalue weighted by molar-refractivity contribution is 0.0819. The molecule has 2 aromatic rings. The van der Waals surface area contributed by atoms with E-state index in [1.807, 2.05) is 0 Å². The van der Waals surface area contributed by atoms with Gasteiger partial charge in [-0.1, -0.05) is 0 Å². The first-order valence-electron chi connectivity index (χ1n) is 3.73. The second kappa shape index (κ2) is 2.94. The smallest absolute Gasteiger partial charge is 0.215 e. The predicted octanol–water partition coefficient (Wildman–Crippen LogP) is -1.47. The summed E-state index contributed by atoms with van der Waals surface area (Å²) in [6, 6.07) is 0. The van der Waals surface area contributed by atoms with Gasteiger partial charge in [0.1, 0.15) is 12.9 Å². The summed E-state index contributed by atoms with van der Waals surface area (Å²) < 4.78 is 2.87. The van der Waals surface area contributed by atoms with Gasteiger partial charge in [-0.15, -0.1) is 4.73 Å². The van der Waals surface area contributed by atoms with Crippen molar-refractivity contribution in [2.45, 2.75) is 0 Å². The highest BCUT2D eigenvalue weighted by atomic mass is 16.7. The van der Waals surface area contributed by atoms with Crippen LogP contribution in [0.5, 0.6) is 0 Å². The maximum absolute atomic E-state index is 8.54. The Labute approximate surface area is 73.3 Å². The molecule has 0 saturated carbocycles. The number of nitrogen functional groups attached to an aromatic ring is 1. The lowest BCUT2D eigenvalue weighted by atomic mass is 10.7. The van der Waals surface area contributed by atoms with E-state index in [0.717, 1.165) is 0 Å². The van der Waals surface area contributed by atoms with E-state index >= 15 is 0 Å². The fraction of sp³-hybridized carbons (Fsp3) is 0.333.